The van der Waals surface area contributed by atoms with Gasteiger partial charge in [0.25, 0.3) is 0 Å². The molecule has 0 aromatic heterocycles. The summed E-state index contributed by atoms with van der Waals surface area (Å²) in [7, 11) is 1.48. The van der Waals surface area contributed by atoms with Gasteiger partial charge in [-0.2, -0.15) is 0 Å². The number of aliphatic carboxylic acids is 1. The van der Waals surface area contributed by atoms with E-state index in [1.807, 2.05) is 0 Å². The third-order valence-electron chi connectivity index (χ3n) is 3.87. The first-order chi connectivity index (χ1) is 9.06. The highest BCUT2D eigenvalue weighted by Crippen LogP contribution is 2.45. The van der Waals surface area contributed by atoms with Crippen molar-refractivity contribution in [1.82, 2.24) is 0 Å². The average molecular weight is 284 g/mol. The highest BCUT2D eigenvalue weighted by atomic mass is 32.2. The first-order valence-electron chi connectivity index (χ1n) is 6.21. The molecule has 1 aliphatic rings. The number of carboxylic acid groups (broad SMARTS) is 1. The van der Waals surface area contributed by atoms with E-state index in [9.17, 15) is 14.3 Å². The number of carboxylic acids is 1. The molecule has 1 aromatic rings. The second-order valence-electron chi connectivity index (χ2n) is 4.76. The molecule has 0 heterocycles. The van der Waals surface area contributed by atoms with Gasteiger partial charge in [0.2, 0.25) is 0 Å². The minimum atomic E-state index is -1.07. The van der Waals surface area contributed by atoms with Gasteiger partial charge in [-0.25, -0.2) is 4.39 Å². The van der Waals surface area contributed by atoms with Crippen molar-refractivity contribution in [2.45, 2.75) is 36.0 Å². The summed E-state index contributed by atoms with van der Waals surface area (Å²) in [6.45, 7) is 0. The third kappa shape index (κ3) is 2.20. The summed E-state index contributed by atoms with van der Waals surface area (Å²) < 4.78 is 19.7. The SMILES string of the molecule is COc1ccc(C2(C(=O)O)CCCC2)c(F)c1SC. The Hall–Kier alpha value is -1.23. The number of rotatable bonds is 4. The Kier molecular flexibility index (Phi) is 4.04. The summed E-state index contributed by atoms with van der Waals surface area (Å²) in [5, 5.41) is 9.53. The van der Waals surface area contributed by atoms with Crippen LogP contribution in [0.15, 0.2) is 17.0 Å². The molecule has 1 fully saturated rings. The number of thioether (sulfide) groups is 1. The molecule has 2 rings (SSSR count). The summed E-state index contributed by atoms with van der Waals surface area (Å²) in [5.41, 5.74) is -0.774. The van der Waals surface area contributed by atoms with Crippen molar-refractivity contribution in [2.24, 2.45) is 0 Å². The average Bonchev–Trinajstić information content (AvgIpc) is 2.88. The Morgan fingerprint density at radius 2 is 2.05 bits per heavy atom. The Bertz CT molecular complexity index is 496. The quantitative estimate of drug-likeness (QED) is 0.860. The van der Waals surface area contributed by atoms with E-state index in [0.717, 1.165) is 12.8 Å². The molecular formula is C14H17FO3S. The first kappa shape index (κ1) is 14.2. The van der Waals surface area contributed by atoms with Crippen LogP contribution in [-0.2, 0) is 10.2 Å². The minimum Gasteiger partial charge on any atom is -0.495 e. The number of hydrogen-bond donors (Lipinski definition) is 1. The van der Waals surface area contributed by atoms with Crippen LogP contribution in [0.4, 0.5) is 4.39 Å². The van der Waals surface area contributed by atoms with Crippen molar-refractivity contribution in [1.29, 1.82) is 0 Å². The fourth-order valence-electron chi connectivity index (χ4n) is 2.84. The van der Waals surface area contributed by atoms with Gasteiger partial charge in [-0.15, -0.1) is 11.8 Å². The van der Waals surface area contributed by atoms with Crippen molar-refractivity contribution in [3.8, 4) is 5.75 Å². The van der Waals surface area contributed by atoms with Gasteiger partial charge in [0.05, 0.1) is 17.4 Å². The summed E-state index contributed by atoms with van der Waals surface area (Å²) >= 11 is 1.24. The molecule has 1 saturated carbocycles. The summed E-state index contributed by atoms with van der Waals surface area (Å²) in [6, 6.07) is 3.22. The Morgan fingerprint density at radius 1 is 1.42 bits per heavy atom. The van der Waals surface area contributed by atoms with Crippen LogP contribution in [0, 0.1) is 5.82 Å². The topological polar surface area (TPSA) is 46.5 Å². The Labute approximate surface area is 116 Å². The molecule has 1 N–H and O–H groups in total. The number of benzene rings is 1. The van der Waals surface area contributed by atoms with Crippen LogP contribution < -0.4 is 4.74 Å². The monoisotopic (exact) mass is 284 g/mol. The van der Waals surface area contributed by atoms with E-state index in [1.165, 1.54) is 18.9 Å². The lowest BCUT2D eigenvalue weighted by Crippen LogP contribution is -2.33. The molecule has 19 heavy (non-hydrogen) atoms. The molecule has 5 heteroatoms. The van der Waals surface area contributed by atoms with Crippen LogP contribution in [0.25, 0.3) is 0 Å². The molecule has 0 spiro atoms. The van der Waals surface area contributed by atoms with Crippen molar-refractivity contribution in [3.63, 3.8) is 0 Å². The molecule has 0 amide bonds. The number of carbonyl (C=O) groups is 1. The van der Waals surface area contributed by atoms with Crippen molar-refractivity contribution in [2.75, 3.05) is 13.4 Å². The third-order valence-corrected chi connectivity index (χ3v) is 4.66. The maximum Gasteiger partial charge on any atom is 0.314 e. The largest absolute Gasteiger partial charge is 0.495 e. The molecule has 1 aliphatic carbocycles. The van der Waals surface area contributed by atoms with Crippen LogP contribution in [0.3, 0.4) is 0 Å². The lowest BCUT2D eigenvalue weighted by Gasteiger charge is -2.26. The van der Waals surface area contributed by atoms with Gasteiger partial charge in [0.15, 0.2) is 0 Å². The molecule has 1 aromatic carbocycles. The predicted octanol–water partition coefficient (Wildman–Crippen LogP) is 3.45. The summed E-state index contributed by atoms with van der Waals surface area (Å²) in [6.07, 6.45) is 4.41. The van der Waals surface area contributed by atoms with Gasteiger partial charge >= 0.3 is 5.97 Å². The summed E-state index contributed by atoms with van der Waals surface area (Å²) in [4.78, 5) is 12.0. The fourth-order valence-corrected chi connectivity index (χ4v) is 3.48. The smallest absolute Gasteiger partial charge is 0.314 e. The van der Waals surface area contributed by atoms with Crippen molar-refractivity contribution < 1.29 is 19.0 Å². The molecule has 0 bridgehead atoms. The normalized spacial score (nSPS) is 17.4. The molecule has 0 aliphatic heterocycles. The zero-order chi connectivity index (χ0) is 14.0. The maximum absolute atomic E-state index is 14.6. The van der Waals surface area contributed by atoms with Gasteiger partial charge in [0.1, 0.15) is 11.6 Å². The van der Waals surface area contributed by atoms with Gasteiger partial charge < -0.3 is 9.84 Å². The van der Waals surface area contributed by atoms with E-state index < -0.39 is 17.2 Å². The van der Waals surface area contributed by atoms with E-state index >= 15 is 0 Å². The van der Waals surface area contributed by atoms with Crippen molar-refractivity contribution in [3.05, 3.63) is 23.5 Å². The van der Waals surface area contributed by atoms with Gasteiger partial charge in [-0.1, -0.05) is 18.9 Å². The number of halogens is 1. The molecule has 0 atom stereocenters. The van der Waals surface area contributed by atoms with Crippen LogP contribution in [-0.4, -0.2) is 24.4 Å². The van der Waals surface area contributed by atoms with Gasteiger partial charge in [-0.3, -0.25) is 4.79 Å². The second-order valence-corrected chi connectivity index (χ2v) is 5.57. The van der Waals surface area contributed by atoms with Crippen LogP contribution >= 0.6 is 11.8 Å². The fraction of sp³-hybridized carbons (Fsp3) is 0.500. The Balaban J connectivity index is 2.59. The molecule has 0 radical (unpaired) electrons. The van der Waals surface area contributed by atoms with E-state index in [4.69, 9.17) is 4.74 Å². The predicted molar refractivity (Wildman–Crippen MR) is 72.5 cm³/mol. The second kappa shape index (κ2) is 5.41. The van der Waals surface area contributed by atoms with Crippen LogP contribution in [0.5, 0.6) is 5.75 Å². The molecular weight excluding hydrogens is 267 g/mol. The first-order valence-corrected chi connectivity index (χ1v) is 7.43. The van der Waals surface area contributed by atoms with Crippen LogP contribution in [0.1, 0.15) is 31.2 Å². The van der Waals surface area contributed by atoms with Gasteiger partial charge in [0, 0.05) is 5.56 Å². The zero-order valence-corrected chi connectivity index (χ0v) is 11.8. The number of methoxy groups -OCH3 is 1. The standard InChI is InChI=1S/C14H17FO3S/c1-18-10-6-5-9(11(15)12(10)19-2)14(13(16)17)7-3-4-8-14/h5-6H,3-4,7-8H2,1-2H3,(H,16,17). The van der Waals surface area contributed by atoms with Gasteiger partial charge in [-0.05, 0) is 25.2 Å². The van der Waals surface area contributed by atoms with E-state index in [1.54, 1.807) is 18.4 Å². The van der Waals surface area contributed by atoms with Crippen LogP contribution in [0.2, 0.25) is 0 Å². The summed E-state index contributed by atoms with van der Waals surface area (Å²) in [5.74, 6) is -0.926. The zero-order valence-electron chi connectivity index (χ0n) is 11.0. The lowest BCUT2D eigenvalue weighted by atomic mass is 9.78. The molecule has 0 saturated heterocycles. The molecule has 104 valence electrons. The number of ether oxygens (including phenoxy) is 1. The van der Waals surface area contributed by atoms with E-state index in [2.05, 4.69) is 0 Å². The highest BCUT2D eigenvalue weighted by molar-refractivity contribution is 7.98. The van der Waals surface area contributed by atoms with Crippen molar-refractivity contribution >= 4 is 17.7 Å². The van der Waals surface area contributed by atoms with E-state index in [0.29, 0.717) is 29.1 Å². The molecule has 3 nitrogen and oxygen atoms in total. The minimum absolute atomic E-state index is 0.294. The molecule has 0 unspecified atom stereocenters. The lowest BCUT2D eigenvalue weighted by molar-refractivity contribution is -0.143. The number of hydrogen-bond acceptors (Lipinski definition) is 3. The Morgan fingerprint density at radius 3 is 2.53 bits per heavy atom. The highest BCUT2D eigenvalue weighted by Gasteiger charge is 2.45. The maximum atomic E-state index is 14.6. The van der Waals surface area contributed by atoms with E-state index in [-0.39, 0.29) is 0 Å².